The third-order valence-corrected chi connectivity index (χ3v) is 4.42. The van der Waals surface area contributed by atoms with E-state index in [0.29, 0.717) is 19.7 Å². The molecule has 2 rings (SSSR count). The molecule has 0 aliphatic carbocycles. The first-order chi connectivity index (χ1) is 12.4. The predicted molar refractivity (Wildman–Crippen MR) is 103 cm³/mol. The van der Waals surface area contributed by atoms with E-state index in [0.717, 1.165) is 12.2 Å². The minimum absolute atomic E-state index is 0.157. The number of benzene rings is 1. The van der Waals surface area contributed by atoms with Crippen LogP contribution in [0.1, 0.15) is 37.8 Å². The highest BCUT2D eigenvalue weighted by Gasteiger charge is 2.27. The first-order valence-electron chi connectivity index (χ1n) is 8.88. The summed E-state index contributed by atoms with van der Waals surface area (Å²) in [6, 6.07) is 8.72. The maximum atomic E-state index is 11.8. The number of hydrazine groups is 1. The monoisotopic (exact) mass is 361 g/mol. The first-order valence-corrected chi connectivity index (χ1v) is 8.88. The van der Waals surface area contributed by atoms with Crippen LogP contribution in [0.3, 0.4) is 0 Å². The van der Waals surface area contributed by atoms with Gasteiger partial charge in [-0.1, -0.05) is 42.8 Å². The van der Waals surface area contributed by atoms with Crippen LogP contribution in [-0.4, -0.2) is 55.0 Å². The molecule has 1 fully saturated rings. The summed E-state index contributed by atoms with van der Waals surface area (Å²) < 4.78 is 5.06. The highest BCUT2D eigenvalue weighted by Crippen LogP contribution is 2.23. The van der Waals surface area contributed by atoms with E-state index in [-0.39, 0.29) is 17.9 Å². The molecule has 144 valence electrons. The van der Waals surface area contributed by atoms with Gasteiger partial charge in [-0.2, -0.15) is 0 Å². The lowest BCUT2D eigenvalue weighted by molar-refractivity contribution is -0.144. The minimum atomic E-state index is -0.180. The highest BCUT2D eigenvalue weighted by molar-refractivity contribution is 5.71. The molecular weight excluding hydrogens is 330 g/mol. The summed E-state index contributed by atoms with van der Waals surface area (Å²) in [5, 5.41) is 1.83. The van der Waals surface area contributed by atoms with Crippen LogP contribution >= 0.6 is 0 Å². The lowest BCUT2D eigenvalue weighted by atomic mass is 9.98. The second-order valence-electron chi connectivity index (χ2n) is 6.59. The largest absolute Gasteiger partial charge is 0.465 e. The molecule has 6 nitrogen and oxygen atoms in total. The number of hydrogen-bond acceptors (Lipinski definition) is 6. The molecule has 6 heteroatoms. The molecule has 1 aromatic carbocycles. The van der Waals surface area contributed by atoms with Crippen molar-refractivity contribution < 1.29 is 14.3 Å². The Hall–Kier alpha value is -2.18. The molecule has 1 aliphatic heterocycles. The average Bonchev–Trinajstić information content (AvgIpc) is 2.61. The lowest BCUT2D eigenvalue weighted by Crippen LogP contribution is -2.54. The normalized spacial score (nSPS) is 20.3. The van der Waals surface area contributed by atoms with Crippen molar-refractivity contribution in [3.8, 4) is 0 Å². The SMILES string of the molecule is C=O.CCOC(=O)CN1C/C(=C/C(C)c2ccc(C)cc2)N(N)[C@H](C)C1. The number of hydrogen-bond donors (Lipinski definition) is 1. The zero-order valence-electron chi connectivity index (χ0n) is 16.3. The van der Waals surface area contributed by atoms with E-state index in [1.807, 2.05) is 18.7 Å². The summed E-state index contributed by atoms with van der Waals surface area (Å²) in [5.74, 6) is 6.33. The van der Waals surface area contributed by atoms with Crippen molar-refractivity contribution in [2.24, 2.45) is 5.84 Å². The molecule has 1 aromatic rings. The molecule has 2 atom stereocenters. The van der Waals surface area contributed by atoms with Gasteiger partial charge >= 0.3 is 5.97 Å². The molecule has 2 N–H and O–H groups in total. The number of nitrogens with two attached hydrogens (primary N) is 1. The number of esters is 1. The number of rotatable bonds is 5. The quantitative estimate of drug-likeness (QED) is 0.640. The van der Waals surface area contributed by atoms with Gasteiger partial charge in [-0.25, -0.2) is 5.84 Å². The average molecular weight is 361 g/mol. The summed E-state index contributed by atoms with van der Waals surface area (Å²) in [6.07, 6.45) is 2.19. The Morgan fingerprint density at radius 2 is 2.00 bits per heavy atom. The maximum Gasteiger partial charge on any atom is 0.320 e. The van der Waals surface area contributed by atoms with Gasteiger partial charge in [0, 0.05) is 24.7 Å². The van der Waals surface area contributed by atoms with Crippen LogP contribution in [0.25, 0.3) is 0 Å². The number of carbonyl (C=O) groups excluding carboxylic acids is 2. The van der Waals surface area contributed by atoms with Gasteiger partial charge in [0.05, 0.1) is 19.2 Å². The fourth-order valence-electron chi connectivity index (χ4n) is 3.02. The van der Waals surface area contributed by atoms with E-state index < -0.39 is 0 Å². The lowest BCUT2D eigenvalue weighted by Gasteiger charge is -2.40. The van der Waals surface area contributed by atoms with Crippen LogP contribution in [0, 0.1) is 6.92 Å². The molecule has 1 saturated heterocycles. The second kappa shape index (κ2) is 10.7. The highest BCUT2D eigenvalue weighted by atomic mass is 16.5. The van der Waals surface area contributed by atoms with Gasteiger partial charge in [-0.05, 0) is 26.3 Å². The Morgan fingerprint density at radius 3 is 2.58 bits per heavy atom. The maximum absolute atomic E-state index is 11.8. The van der Waals surface area contributed by atoms with E-state index in [2.05, 4.69) is 56.0 Å². The molecule has 0 saturated carbocycles. The molecule has 0 radical (unpaired) electrons. The second-order valence-corrected chi connectivity index (χ2v) is 6.59. The van der Waals surface area contributed by atoms with Crippen LogP contribution < -0.4 is 5.84 Å². The number of carbonyl (C=O) groups is 2. The standard InChI is InChI=1S/C19H29N3O2.CH2O/c1-5-24-19(23)13-21-11-16(4)22(20)18(12-21)10-15(3)17-8-6-14(2)7-9-17;1-2/h6-10,15-16H,5,11-13,20H2,1-4H3;1H2/b18-10-;/t15?,16-;/m1./s1. The van der Waals surface area contributed by atoms with Gasteiger partial charge in [0.25, 0.3) is 0 Å². The van der Waals surface area contributed by atoms with Gasteiger partial charge in [0.2, 0.25) is 0 Å². The van der Waals surface area contributed by atoms with Crippen molar-refractivity contribution in [1.82, 2.24) is 9.91 Å². The fraction of sp³-hybridized carbons (Fsp3) is 0.500. The number of nitrogens with zero attached hydrogens (tertiary/aromatic N) is 2. The number of aryl methyl sites for hydroxylation is 1. The van der Waals surface area contributed by atoms with E-state index in [4.69, 9.17) is 15.4 Å². The molecule has 0 spiro atoms. The molecule has 1 heterocycles. The predicted octanol–water partition coefficient (Wildman–Crippen LogP) is 2.24. The molecule has 0 bridgehead atoms. The van der Waals surface area contributed by atoms with Crippen molar-refractivity contribution in [3.63, 3.8) is 0 Å². The van der Waals surface area contributed by atoms with Crippen LogP contribution in [0.2, 0.25) is 0 Å². The number of allylic oxidation sites excluding steroid dienone is 1. The Morgan fingerprint density at radius 1 is 1.38 bits per heavy atom. The third-order valence-electron chi connectivity index (χ3n) is 4.42. The van der Waals surface area contributed by atoms with E-state index in [1.165, 1.54) is 11.1 Å². The van der Waals surface area contributed by atoms with Gasteiger partial charge in [0.1, 0.15) is 6.79 Å². The van der Waals surface area contributed by atoms with Crippen molar-refractivity contribution in [3.05, 3.63) is 47.2 Å². The van der Waals surface area contributed by atoms with Crippen LogP contribution in [0.4, 0.5) is 0 Å². The molecule has 1 unspecified atom stereocenters. The molecular formula is C20H31N3O3. The van der Waals surface area contributed by atoms with Crippen molar-refractivity contribution in [2.75, 3.05) is 26.2 Å². The van der Waals surface area contributed by atoms with Crippen molar-refractivity contribution in [1.29, 1.82) is 0 Å². The van der Waals surface area contributed by atoms with Gasteiger partial charge in [-0.3, -0.25) is 9.69 Å². The van der Waals surface area contributed by atoms with E-state index in [9.17, 15) is 4.79 Å². The van der Waals surface area contributed by atoms with Crippen molar-refractivity contribution >= 4 is 12.8 Å². The molecule has 0 aromatic heterocycles. The summed E-state index contributed by atoms with van der Waals surface area (Å²) in [4.78, 5) is 21.9. The van der Waals surface area contributed by atoms with Gasteiger partial charge < -0.3 is 14.5 Å². The zero-order valence-corrected chi connectivity index (χ0v) is 16.3. The van der Waals surface area contributed by atoms with E-state index >= 15 is 0 Å². The molecule has 0 amide bonds. The Kier molecular flexibility index (Phi) is 9.02. The first kappa shape index (κ1) is 21.9. The third kappa shape index (κ3) is 6.28. The summed E-state index contributed by atoms with van der Waals surface area (Å²) in [6.45, 7) is 12.3. The van der Waals surface area contributed by atoms with E-state index in [1.54, 1.807) is 0 Å². The van der Waals surface area contributed by atoms with Crippen molar-refractivity contribution in [2.45, 2.75) is 39.7 Å². The molecule has 26 heavy (non-hydrogen) atoms. The summed E-state index contributed by atoms with van der Waals surface area (Å²) in [7, 11) is 0. The summed E-state index contributed by atoms with van der Waals surface area (Å²) in [5.41, 5.74) is 3.56. The minimum Gasteiger partial charge on any atom is -0.465 e. The smallest absolute Gasteiger partial charge is 0.320 e. The topological polar surface area (TPSA) is 75.9 Å². The Labute approximate surface area is 156 Å². The molecule has 1 aliphatic rings. The van der Waals surface area contributed by atoms with Crippen LogP contribution in [0.5, 0.6) is 0 Å². The van der Waals surface area contributed by atoms with Gasteiger partial charge in [-0.15, -0.1) is 0 Å². The van der Waals surface area contributed by atoms with Crippen LogP contribution in [0.15, 0.2) is 36.0 Å². The number of piperazine rings is 1. The Bertz CT molecular complexity index is 601. The summed E-state index contributed by atoms with van der Waals surface area (Å²) >= 11 is 0. The number of ether oxygens (including phenoxy) is 1. The fourth-order valence-corrected chi connectivity index (χ4v) is 3.02. The van der Waals surface area contributed by atoms with Gasteiger partial charge in [0.15, 0.2) is 0 Å². The van der Waals surface area contributed by atoms with Crippen LogP contribution in [-0.2, 0) is 14.3 Å². The Balaban J connectivity index is 0.00000163. The zero-order chi connectivity index (χ0) is 19.7.